The van der Waals surface area contributed by atoms with Gasteiger partial charge in [-0.05, 0) is 6.07 Å². The number of hydrogen-bond donors (Lipinski definition) is 1. The molecule has 1 heterocycles. The molecule has 2 aromatic rings. The Morgan fingerprint density at radius 2 is 2.23 bits per heavy atom. The fraction of sp³-hybridized carbons (Fsp3) is 0.286. The Balaban J connectivity index is 2.08. The van der Waals surface area contributed by atoms with Crippen molar-refractivity contribution in [3.05, 3.63) is 50.2 Å². The average molecular weight is 323 g/mol. The second kappa shape index (κ2) is 6.61. The Labute approximate surface area is 130 Å². The summed E-state index contributed by atoms with van der Waals surface area (Å²) >= 11 is 1.46. The fourth-order valence-corrected chi connectivity index (χ4v) is 2.59. The predicted octanol–water partition coefficient (Wildman–Crippen LogP) is 3.50. The van der Waals surface area contributed by atoms with Crippen LogP contribution in [0.3, 0.4) is 0 Å². The van der Waals surface area contributed by atoms with E-state index in [1.54, 1.807) is 5.38 Å². The second-order valence-corrected chi connectivity index (χ2v) is 5.87. The third-order valence-electron chi connectivity index (χ3n) is 2.84. The summed E-state index contributed by atoms with van der Waals surface area (Å²) in [7, 11) is 0. The molecule has 0 atom stereocenters. The molecule has 0 bridgehead atoms. The summed E-state index contributed by atoms with van der Waals surface area (Å²) in [6.45, 7) is 4.00. The molecule has 0 aliphatic heterocycles. The van der Waals surface area contributed by atoms with E-state index < -0.39 is 16.6 Å². The van der Waals surface area contributed by atoms with Crippen LogP contribution in [0.5, 0.6) is 0 Å². The Morgan fingerprint density at radius 1 is 1.50 bits per heavy atom. The van der Waals surface area contributed by atoms with Crippen LogP contribution in [0, 0.1) is 15.9 Å². The van der Waals surface area contributed by atoms with E-state index in [0.29, 0.717) is 5.69 Å². The highest BCUT2D eigenvalue weighted by molar-refractivity contribution is 7.09. The van der Waals surface area contributed by atoms with Crippen molar-refractivity contribution in [2.24, 2.45) is 0 Å². The number of rotatable bonds is 5. The number of carbonyl (C=O) groups is 1. The van der Waals surface area contributed by atoms with Gasteiger partial charge in [0.15, 0.2) is 0 Å². The van der Waals surface area contributed by atoms with Crippen LogP contribution >= 0.6 is 11.3 Å². The van der Waals surface area contributed by atoms with E-state index in [-0.39, 0.29) is 23.7 Å². The highest BCUT2D eigenvalue weighted by atomic mass is 32.1. The first-order valence-electron chi connectivity index (χ1n) is 6.55. The molecule has 0 aliphatic rings. The monoisotopic (exact) mass is 323 g/mol. The minimum atomic E-state index is -0.722. The lowest BCUT2D eigenvalue weighted by Crippen LogP contribution is -2.15. The number of nitrogens with zero attached hydrogens (tertiary/aromatic N) is 2. The first kappa shape index (κ1) is 16.0. The molecule has 1 N–H and O–H groups in total. The molecule has 0 aliphatic carbocycles. The summed E-state index contributed by atoms with van der Waals surface area (Å²) in [6, 6.07) is 2.99. The summed E-state index contributed by atoms with van der Waals surface area (Å²) < 4.78 is 13.6. The number of non-ortho nitro benzene ring substituents is 1. The molecule has 0 saturated carbocycles. The number of anilines is 1. The van der Waals surface area contributed by atoms with Gasteiger partial charge in [-0.15, -0.1) is 11.3 Å². The van der Waals surface area contributed by atoms with Gasteiger partial charge in [-0.25, -0.2) is 9.37 Å². The third kappa shape index (κ3) is 3.85. The van der Waals surface area contributed by atoms with Gasteiger partial charge in [0.25, 0.3) is 5.69 Å². The molecule has 0 spiro atoms. The zero-order chi connectivity index (χ0) is 16.3. The highest BCUT2D eigenvalue weighted by Crippen LogP contribution is 2.22. The van der Waals surface area contributed by atoms with Gasteiger partial charge in [0.2, 0.25) is 5.91 Å². The lowest BCUT2D eigenvalue weighted by molar-refractivity contribution is -0.384. The van der Waals surface area contributed by atoms with E-state index in [1.807, 2.05) is 13.8 Å². The molecule has 1 amide bonds. The van der Waals surface area contributed by atoms with Gasteiger partial charge in [0.05, 0.1) is 27.7 Å². The van der Waals surface area contributed by atoms with E-state index in [4.69, 9.17) is 0 Å². The normalized spacial score (nSPS) is 10.7. The largest absolute Gasteiger partial charge is 0.323 e. The van der Waals surface area contributed by atoms with Crippen LogP contribution in [0.25, 0.3) is 0 Å². The van der Waals surface area contributed by atoms with Crippen molar-refractivity contribution in [1.82, 2.24) is 4.98 Å². The van der Waals surface area contributed by atoms with Crippen LogP contribution in [0.15, 0.2) is 23.6 Å². The number of nitro benzene ring substituents is 1. The number of amides is 1. The molecule has 0 unspecified atom stereocenters. The SMILES string of the molecule is CC(C)c1nc(CC(=O)Nc2cc([N+](=O)[O-])ccc2F)cs1. The Hall–Kier alpha value is -2.35. The quantitative estimate of drug-likeness (QED) is 0.674. The van der Waals surface area contributed by atoms with E-state index in [2.05, 4.69) is 10.3 Å². The topological polar surface area (TPSA) is 85.1 Å². The maximum Gasteiger partial charge on any atom is 0.271 e. The van der Waals surface area contributed by atoms with Crippen LogP contribution in [0.4, 0.5) is 15.8 Å². The number of benzene rings is 1. The molecule has 1 aromatic carbocycles. The van der Waals surface area contributed by atoms with Crippen LogP contribution < -0.4 is 5.32 Å². The van der Waals surface area contributed by atoms with Crippen molar-refractivity contribution in [2.45, 2.75) is 26.2 Å². The number of nitrogens with one attached hydrogen (secondary N) is 1. The van der Waals surface area contributed by atoms with Crippen molar-refractivity contribution < 1.29 is 14.1 Å². The number of hydrogen-bond acceptors (Lipinski definition) is 5. The third-order valence-corrected chi connectivity index (χ3v) is 4.03. The molecule has 1 aromatic heterocycles. The van der Waals surface area contributed by atoms with E-state index in [9.17, 15) is 19.3 Å². The zero-order valence-corrected chi connectivity index (χ0v) is 12.8. The van der Waals surface area contributed by atoms with Crippen molar-refractivity contribution in [1.29, 1.82) is 0 Å². The first-order valence-corrected chi connectivity index (χ1v) is 7.43. The summed E-state index contributed by atoms with van der Waals surface area (Å²) in [4.78, 5) is 26.2. The number of halogens is 1. The molecule has 0 saturated heterocycles. The van der Waals surface area contributed by atoms with Gasteiger partial charge in [-0.3, -0.25) is 14.9 Å². The maximum atomic E-state index is 13.6. The minimum Gasteiger partial charge on any atom is -0.323 e. The molecular formula is C14H14FN3O3S. The molecule has 0 radical (unpaired) electrons. The number of thiazole rings is 1. The van der Waals surface area contributed by atoms with Gasteiger partial charge in [-0.1, -0.05) is 13.8 Å². The summed E-state index contributed by atoms with van der Waals surface area (Å²) in [5.41, 5.74) is 0.100. The molecular weight excluding hydrogens is 309 g/mol. The van der Waals surface area contributed by atoms with Crippen molar-refractivity contribution in [3.8, 4) is 0 Å². The Bertz CT molecular complexity index is 715. The Morgan fingerprint density at radius 3 is 2.82 bits per heavy atom. The lowest BCUT2D eigenvalue weighted by atomic mass is 10.2. The predicted molar refractivity (Wildman–Crippen MR) is 81.6 cm³/mol. The van der Waals surface area contributed by atoms with Crippen LogP contribution in [-0.4, -0.2) is 15.8 Å². The zero-order valence-electron chi connectivity index (χ0n) is 12.0. The average Bonchev–Trinajstić information content (AvgIpc) is 2.89. The van der Waals surface area contributed by atoms with Crippen LogP contribution in [-0.2, 0) is 11.2 Å². The fourth-order valence-electron chi connectivity index (χ4n) is 1.75. The van der Waals surface area contributed by atoms with E-state index in [0.717, 1.165) is 23.2 Å². The highest BCUT2D eigenvalue weighted by Gasteiger charge is 2.15. The van der Waals surface area contributed by atoms with Gasteiger partial charge in [0.1, 0.15) is 5.82 Å². The number of carbonyl (C=O) groups excluding carboxylic acids is 1. The van der Waals surface area contributed by atoms with Gasteiger partial charge in [0, 0.05) is 23.4 Å². The standard InChI is InChI=1S/C14H14FN3O3S/c1-8(2)14-16-9(7-22-14)5-13(19)17-12-6-10(18(20)21)3-4-11(12)15/h3-4,6-8H,5H2,1-2H3,(H,17,19). The second-order valence-electron chi connectivity index (χ2n) is 4.98. The van der Waals surface area contributed by atoms with E-state index in [1.165, 1.54) is 11.3 Å². The maximum absolute atomic E-state index is 13.6. The minimum absolute atomic E-state index is 0.00858. The number of nitro groups is 1. The molecule has 6 nitrogen and oxygen atoms in total. The van der Waals surface area contributed by atoms with Crippen molar-refractivity contribution >= 4 is 28.6 Å². The van der Waals surface area contributed by atoms with Crippen LogP contribution in [0.2, 0.25) is 0 Å². The summed E-state index contributed by atoms with van der Waals surface area (Å²) in [6.07, 6.45) is -0.00858. The van der Waals surface area contributed by atoms with Gasteiger partial charge in [-0.2, -0.15) is 0 Å². The van der Waals surface area contributed by atoms with Gasteiger partial charge < -0.3 is 5.32 Å². The molecule has 22 heavy (non-hydrogen) atoms. The smallest absolute Gasteiger partial charge is 0.271 e. The molecule has 2 rings (SSSR count). The van der Waals surface area contributed by atoms with Gasteiger partial charge >= 0.3 is 0 Å². The van der Waals surface area contributed by atoms with Crippen LogP contribution in [0.1, 0.15) is 30.5 Å². The first-order chi connectivity index (χ1) is 10.4. The summed E-state index contributed by atoms with van der Waals surface area (Å²) in [5.74, 6) is -0.920. The van der Waals surface area contributed by atoms with Crippen molar-refractivity contribution in [3.63, 3.8) is 0 Å². The van der Waals surface area contributed by atoms with E-state index >= 15 is 0 Å². The lowest BCUT2D eigenvalue weighted by Gasteiger charge is -2.05. The molecule has 0 fully saturated rings. The number of aromatic nitrogens is 1. The molecule has 116 valence electrons. The van der Waals surface area contributed by atoms with Crippen molar-refractivity contribution in [2.75, 3.05) is 5.32 Å². The summed E-state index contributed by atoms with van der Waals surface area (Å²) in [5, 5.41) is 15.7. The Kier molecular flexibility index (Phi) is 4.81. The molecule has 8 heteroatoms.